The first-order chi connectivity index (χ1) is 12.7. The van der Waals surface area contributed by atoms with Crippen LogP contribution in [-0.4, -0.2) is 32.3 Å². The molecule has 27 heavy (non-hydrogen) atoms. The number of hydrogen-bond donors (Lipinski definition) is 2. The summed E-state index contributed by atoms with van der Waals surface area (Å²) in [4.78, 5) is 12.5. The van der Waals surface area contributed by atoms with Gasteiger partial charge in [-0.25, -0.2) is 0 Å². The fourth-order valence-electron chi connectivity index (χ4n) is 3.36. The van der Waals surface area contributed by atoms with Crippen LogP contribution in [0.2, 0.25) is 0 Å². The van der Waals surface area contributed by atoms with Gasteiger partial charge in [0.15, 0.2) is 0 Å². The summed E-state index contributed by atoms with van der Waals surface area (Å²) in [6.45, 7) is 4.81. The lowest BCUT2D eigenvalue weighted by atomic mass is 9.74. The van der Waals surface area contributed by atoms with Gasteiger partial charge in [-0.1, -0.05) is 12.1 Å². The molecule has 0 radical (unpaired) electrons. The Morgan fingerprint density at radius 3 is 2.56 bits per heavy atom. The molecular formula is C20H27ClN2O4. The Kier molecular flexibility index (Phi) is 7.71. The monoisotopic (exact) mass is 394 g/mol. The number of nitrogens with two attached hydrogens (primary N) is 1. The molecule has 1 aromatic carbocycles. The van der Waals surface area contributed by atoms with Gasteiger partial charge < -0.3 is 24.9 Å². The molecule has 1 aromatic heterocycles. The van der Waals surface area contributed by atoms with E-state index in [1.165, 1.54) is 11.8 Å². The highest BCUT2D eigenvalue weighted by Crippen LogP contribution is 2.35. The van der Waals surface area contributed by atoms with Crippen molar-refractivity contribution >= 4 is 18.3 Å². The van der Waals surface area contributed by atoms with E-state index in [1.807, 2.05) is 19.1 Å². The molecule has 1 saturated heterocycles. The van der Waals surface area contributed by atoms with E-state index >= 15 is 0 Å². The summed E-state index contributed by atoms with van der Waals surface area (Å²) in [6.07, 6.45) is 3.17. The molecule has 7 heteroatoms. The molecule has 1 amide bonds. The minimum atomic E-state index is -0.148. The highest BCUT2D eigenvalue weighted by atomic mass is 35.5. The summed E-state index contributed by atoms with van der Waals surface area (Å²) in [5.74, 6) is 1.31. The molecule has 1 aliphatic rings. The molecule has 0 atom stereocenters. The van der Waals surface area contributed by atoms with E-state index in [0.29, 0.717) is 37.7 Å². The third-order valence-electron chi connectivity index (χ3n) is 4.93. The lowest BCUT2D eigenvalue weighted by molar-refractivity contribution is 0.0487. The number of benzene rings is 1. The van der Waals surface area contributed by atoms with E-state index in [1.54, 1.807) is 6.07 Å². The van der Waals surface area contributed by atoms with Gasteiger partial charge in [-0.3, -0.25) is 4.79 Å². The second-order valence-corrected chi connectivity index (χ2v) is 6.54. The quantitative estimate of drug-likeness (QED) is 0.753. The number of ether oxygens (including phenoxy) is 2. The standard InChI is InChI=1S/C20H26N2O4.ClH/c1-2-25-17-5-3-16(4-6-17)20(7-9-24-10-8-20)14-22-19(23)15-11-18(12-21)26-13-15;/h3-6,11,13H,2,7-10,12,14,21H2,1H3,(H,22,23);1H. The zero-order valence-electron chi connectivity index (χ0n) is 15.5. The van der Waals surface area contributed by atoms with Gasteiger partial charge in [0, 0.05) is 25.2 Å². The van der Waals surface area contributed by atoms with Crippen molar-refractivity contribution in [2.24, 2.45) is 5.73 Å². The zero-order valence-corrected chi connectivity index (χ0v) is 16.3. The summed E-state index contributed by atoms with van der Waals surface area (Å²) >= 11 is 0. The average Bonchev–Trinajstić information content (AvgIpc) is 3.17. The third-order valence-corrected chi connectivity index (χ3v) is 4.93. The molecule has 2 heterocycles. The first-order valence-corrected chi connectivity index (χ1v) is 9.03. The number of amides is 1. The molecule has 148 valence electrons. The van der Waals surface area contributed by atoms with Gasteiger partial charge >= 0.3 is 0 Å². The van der Waals surface area contributed by atoms with E-state index in [0.717, 1.165) is 18.6 Å². The predicted octanol–water partition coefficient (Wildman–Crippen LogP) is 3.04. The molecular weight excluding hydrogens is 368 g/mol. The molecule has 6 nitrogen and oxygen atoms in total. The second-order valence-electron chi connectivity index (χ2n) is 6.54. The number of carbonyl (C=O) groups is 1. The topological polar surface area (TPSA) is 86.7 Å². The van der Waals surface area contributed by atoms with E-state index in [4.69, 9.17) is 19.6 Å². The van der Waals surface area contributed by atoms with Crippen LogP contribution >= 0.6 is 12.4 Å². The fraction of sp³-hybridized carbons (Fsp3) is 0.450. The summed E-state index contributed by atoms with van der Waals surface area (Å²) < 4.78 is 16.3. The number of hydrogen-bond acceptors (Lipinski definition) is 5. The maximum Gasteiger partial charge on any atom is 0.254 e. The first kappa shape index (κ1) is 21.3. The SMILES string of the molecule is CCOc1ccc(C2(CNC(=O)c3coc(CN)c3)CCOCC2)cc1.Cl. The summed E-state index contributed by atoms with van der Waals surface area (Å²) in [5.41, 5.74) is 7.09. The molecule has 0 spiro atoms. The van der Waals surface area contributed by atoms with Gasteiger partial charge in [0.2, 0.25) is 0 Å². The van der Waals surface area contributed by atoms with Crippen molar-refractivity contribution in [1.29, 1.82) is 0 Å². The molecule has 3 rings (SSSR count). The van der Waals surface area contributed by atoms with Gasteiger partial charge in [-0.05, 0) is 43.5 Å². The molecule has 2 aromatic rings. The van der Waals surface area contributed by atoms with Crippen LogP contribution in [0.3, 0.4) is 0 Å². The molecule has 0 unspecified atom stereocenters. The van der Waals surface area contributed by atoms with E-state index < -0.39 is 0 Å². The van der Waals surface area contributed by atoms with Gasteiger partial charge in [0.05, 0.1) is 18.7 Å². The average molecular weight is 395 g/mol. The lowest BCUT2D eigenvalue weighted by Crippen LogP contribution is -2.44. The van der Waals surface area contributed by atoms with Crippen molar-refractivity contribution in [3.05, 3.63) is 53.5 Å². The minimum absolute atomic E-state index is 0. The van der Waals surface area contributed by atoms with Crippen LogP contribution < -0.4 is 15.8 Å². The largest absolute Gasteiger partial charge is 0.494 e. The fourth-order valence-corrected chi connectivity index (χ4v) is 3.36. The van der Waals surface area contributed by atoms with Crippen molar-refractivity contribution in [3.63, 3.8) is 0 Å². The molecule has 1 fully saturated rings. The number of rotatable bonds is 7. The van der Waals surface area contributed by atoms with Gasteiger partial charge in [0.1, 0.15) is 17.8 Å². The van der Waals surface area contributed by atoms with Crippen LogP contribution in [0.1, 0.15) is 41.4 Å². The normalized spacial score (nSPS) is 15.6. The Hall–Kier alpha value is -2.02. The van der Waals surface area contributed by atoms with Crippen molar-refractivity contribution < 1.29 is 18.7 Å². The van der Waals surface area contributed by atoms with Crippen LogP contribution in [0.5, 0.6) is 5.75 Å². The van der Waals surface area contributed by atoms with Crippen LogP contribution in [0, 0.1) is 0 Å². The second kappa shape index (κ2) is 9.78. The Morgan fingerprint density at radius 2 is 1.96 bits per heavy atom. The van der Waals surface area contributed by atoms with Gasteiger partial charge in [-0.2, -0.15) is 0 Å². The highest BCUT2D eigenvalue weighted by molar-refractivity contribution is 5.94. The Bertz CT molecular complexity index is 724. The van der Waals surface area contributed by atoms with Crippen LogP contribution in [-0.2, 0) is 16.7 Å². The smallest absolute Gasteiger partial charge is 0.254 e. The number of halogens is 1. The zero-order chi connectivity index (χ0) is 18.4. The highest BCUT2D eigenvalue weighted by Gasteiger charge is 2.35. The molecule has 3 N–H and O–H groups in total. The van der Waals surface area contributed by atoms with Crippen molar-refractivity contribution in [3.8, 4) is 5.75 Å². The minimum Gasteiger partial charge on any atom is -0.494 e. The predicted molar refractivity (Wildman–Crippen MR) is 106 cm³/mol. The summed E-state index contributed by atoms with van der Waals surface area (Å²) in [6, 6.07) is 9.84. The van der Waals surface area contributed by atoms with Crippen LogP contribution in [0.25, 0.3) is 0 Å². The number of furan rings is 1. The molecule has 0 saturated carbocycles. The summed E-state index contributed by atoms with van der Waals surface area (Å²) in [7, 11) is 0. The maximum absolute atomic E-state index is 12.5. The molecule has 0 bridgehead atoms. The Morgan fingerprint density at radius 1 is 1.26 bits per heavy atom. The van der Waals surface area contributed by atoms with Crippen molar-refractivity contribution in [2.45, 2.75) is 31.7 Å². The van der Waals surface area contributed by atoms with Gasteiger partial charge in [0.25, 0.3) is 5.91 Å². The third kappa shape index (κ3) is 5.03. The van der Waals surface area contributed by atoms with Gasteiger partial charge in [-0.15, -0.1) is 12.4 Å². The van der Waals surface area contributed by atoms with E-state index in [9.17, 15) is 4.79 Å². The van der Waals surface area contributed by atoms with Crippen LogP contribution in [0.4, 0.5) is 0 Å². The first-order valence-electron chi connectivity index (χ1n) is 9.03. The lowest BCUT2D eigenvalue weighted by Gasteiger charge is -2.38. The summed E-state index contributed by atoms with van der Waals surface area (Å²) in [5, 5.41) is 3.06. The maximum atomic E-state index is 12.5. The Labute approximate surface area is 165 Å². The number of nitrogens with one attached hydrogen (secondary N) is 1. The van der Waals surface area contributed by atoms with E-state index in [2.05, 4.69) is 17.4 Å². The number of carbonyl (C=O) groups excluding carboxylic acids is 1. The van der Waals surface area contributed by atoms with E-state index in [-0.39, 0.29) is 30.3 Å². The Balaban J connectivity index is 0.00000261. The van der Waals surface area contributed by atoms with Crippen LogP contribution in [0.15, 0.2) is 41.0 Å². The molecule has 1 aliphatic heterocycles. The molecule has 0 aliphatic carbocycles. The van der Waals surface area contributed by atoms with Crippen molar-refractivity contribution in [2.75, 3.05) is 26.4 Å². The van der Waals surface area contributed by atoms with Crippen molar-refractivity contribution in [1.82, 2.24) is 5.32 Å².